The number of rotatable bonds is 2. The van der Waals surface area contributed by atoms with Crippen molar-refractivity contribution < 1.29 is 4.79 Å². The van der Waals surface area contributed by atoms with Gasteiger partial charge in [0.25, 0.3) is 0 Å². The van der Waals surface area contributed by atoms with Crippen LogP contribution in [0.25, 0.3) is 0 Å². The lowest BCUT2D eigenvalue weighted by molar-refractivity contribution is -0.129. The highest BCUT2D eigenvalue weighted by Crippen LogP contribution is 2.13. The minimum absolute atomic E-state index is 0.0771. The molecule has 72 valence electrons. The van der Waals surface area contributed by atoms with Crippen molar-refractivity contribution in [2.24, 2.45) is 5.10 Å². The first kappa shape index (κ1) is 8.94. The molecule has 3 nitrogen and oxygen atoms in total. The first-order chi connectivity index (χ1) is 6.77. The Morgan fingerprint density at radius 2 is 2.21 bits per heavy atom. The van der Waals surface area contributed by atoms with Gasteiger partial charge in [0.15, 0.2) is 0 Å². The summed E-state index contributed by atoms with van der Waals surface area (Å²) in [5.74, 6) is 0.0771. The Morgan fingerprint density at radius 1 is 1.43 bits per heavy atom. The van der Waals surface area contributed by atoms with Crippen LogP contribution < -0.4 is 0 Å². The van der Waals surface area contributed by atoms with Crippen LogP contribution >= 0.6 is 0 Å². The molecule has 1 aromatic rings. The summed E-state index contributed by atoms with van der Waals surface area (Å²) in [6.45, 7) is 2.63. The van der Waals surface area contributed by atoms with Crippen LogP contribution in [0, 0.1) is 6.92 Å². The van der Waals surface area contributed by atoms with Crippen LogP contribution in [0.3, 0.4) is 0 Å². The van der Waals surface area contributed by atoms with E-state index < -0.39 is 0 Å². The van der Waals surface area contributed by atoms with E-state index in [1.807, 2.05) is 31.2 Å². The van der Waals surface area contributed by atoms with Crippen molar-refractivity contribution in [3.63, 3.8) is 0 Å². The second-order valence-corrected chi connectivity index (χ2v) is 3.38. The molecule has 0 saturated carbocycles. The van der Waals surface area contributed by atoms with Gasteiger partial charge < -0.3 is 0 Å². The largest absolute Gasteiger partial charge is 0.273 e. The molecule has 2 rings (SSSR count). The molecule has 0 fully saturated rings. The molecule has 1 aliphatic rings. The van der Waals surface area contributed by atoms with Crippen molar-refractivity contribution in [1.29, 1.82) is 0 Å². The number of carbonyl (C=O) groups is 1. The van der Waals surface area contributed by atoms with Crippen LogP contribution in [-0.2, 0) is 11.3 Å². The highest BCUT2D eigenvalue weighted by atomic mass is 16.2. The number of aryl methyl sites for hydroxylation is 1. The van der Waals surface area contributed by atoms with E-state index in [1.54, 1.807) is 6.21 Å². The van der Waals surface area contributed by atoms with Crippen LogP contribution in [0.2, 0.25) is 0 Å². The van der Waals surface area contributed by atoms with Gasteiger partial charge in [-0.15, -0.1) is 0 Å². The minimum Gasteiger partial charge on any atom is -0.273 e. The molecule has 0 saturated heterocycles. The Morgan fingerprint density at radius 3 is 2.86 bits per heavy atom. The second-order valence-electron chi connectivity index (χ2n) is 3.38. The average molecular weight is 188 g/mol. The number of amides is 1. The zero-order chi connectivity index (χ0) is 9.97. The summed E-state index contributed by atoms with van der Waals surface area (Å²) >= 11 is 0. The molecule has 0 radical (unpaired) electrons. The number of hydrogen-bond acceptors (Lipinski definition) is 2. The lowest BCUT2D eigenvalue weighted by atomic mass is 10.1. The Kier molecular flexibility index (Phi) is 2.31. The normalized spacial score (nSPS) is 15.2. The summed E-state index contributed by atoms with van der Waals surface area (Å²) in [6, 6.07) is 8.04. The van der Waals surface area contributed by atoms with Gasteiger partial charge in [-0.25, -0.2) is 5.01 Å². The Balaban J connectivity index is 2.15. The highest BCUT2D eigenvalue weighted by molar-refractivity contribution is 5.93. The van der Waals surface area contributed by atoms with Gasteiger partial charge in [-0.1, -0.05) is 24.3 Å². The summed E-state index contributed by atoms with van der Waals surface area (Å²) in [5, 5.41) is 5.53. The predicted molar refractivity (Wildman–Crippen MR) is 54.8 cm³/mol. The highest BCUT2D eigenvalue weighted by Gasteiger charge is 2.16. The van der Waals surface area contributed by atoms with Gasteiger partial charge >= 0.3 is 0 Å². The Hall–Kier alpha value is -1.64. The van der Waals surface area contributed by atoms with Gasteiger partial charge in [-0.3, -0.25) is 4.79 Å². The summed E-state index contributed by atoms with van der Waals surface area (Å²) in [5.41, 5.74) is 2.35. The maximum Gasteiger partial charge on any atom is 0.248 e. The van der Waals surface area contributed by atoms with E-state index in [9.17, 15) is 4.79 Å². The number of benzene rings is 1. The maximum absolute atomic E-state index is 11.3. The molecule has 0 aliphatic carbocycles. The molecule has 0 bridgehead atoms. The molecule has 1 aromatic carbocycles. The van der Waals surface area contributed by atoms with Crippen molar-refractivity contribution in [3.8, 4) is 0 Å². The molecular formula is C11H12N2O. The number of carbonyl (C=O) groups excluding carboxylic acids is 1. The van der Waals surface area contributed by atoms with Crippen LogP contribution in [0.1, 0.15) is 17.5 Å². The SMILES string of the molecule is Cc1ccccc1CN1N=CCC1=O. The van der Waals surface area contributed by atoms with Crippen molar-refractivity contribution in [2.45, 2.75) is 19.9 Å². The molecule has 0 unspecified atom stereocenters. The fourth-order valence-electron chi connectivity index (χ4n) is 1.47. The van der Waals surface area contributed by atoms with E-state index in [0.29, 0.717) is 13.0 Å². The maximum atomic E-state index is 11.3. The van der Waals surface area contributed by atoms with Gasteiger partial charge in [-0.05, 0) is 18.1 Å². The first-order valence-corrected chi connectivity index (χ1v) is 4.64. The smallest absolute Gasteiger partial charge is 0.248 e. The number of hydrogen-bond donors (Lipinski definition) is 0. The average Bonchev–Trinajstić information content (AvgIpc) is 2.56. The minimum atomic E-state index is 0.0771. The second kappa shape index (κ2) is 3.62. The van der Waals surface area contributed by atoms with Crippen LogP contribution in [0.15, 0.2) is 29.4 Å². The third-order valence-corrected chi connectivity index (χ3v) is 2.36. The molecule has 1 aliphatic heterocycles. The molecule has 3 heteroatoms. The van der Waals surface area contributed by atoms with Gasteiger partial charge in [0.05, 0.1) is 13.0 Å². The number of hydrazone groups is 1. The molecule has 0 atom stereocenters. The van der Waals surface area contributed by atoms with Crippen LogP contribution in [0.5, 0.6) is 0 Å². The molecule has 0 spiro atoms. The first-order valence-electron chi connectivity index (χ1n) is 4.64. The topological polar surface area (TPSA) is 32.7 Å². The predicted octanol–water partition coefficient (Wildman–Crippen LogP) is 1.71. The van der Waals surface area contributed by atoms with E-state index in [1.165, 1.54) is 10.6 Å². The van der Waals surface area contributed by atoms with E-state index in [2.05, 4.69) is 5.10 Å². The third-order valence-electron chi connectivity index (χ3n) is 2.36. The van der Waals surface area contributed by atoms with Crippen molar-refractivity contribution in [2.75, 3.05) is 0 Å². The summed E-state index contributed by atoms with van der Waals surface area (Å²) < 4.78 is 0. The fraction of sp³-hybridized carbons (Fsp3) is 0.273. The molecule has 0 aromatic heterocycles. The van der Waals surface area contributed by atoms with Crippen LogP contribution in [-0.4, -0.2) is 17.1 Å². The van der Waals surface area contributed by atoms with E-state index >= 15 is 0 Å². The van der Waals surface area contributed by atoms with Gasteiger partial charge in [0, 0.05) is 6.21 Å². The molecule has 1 heterocycles. The fourth-order valence-corrected chi connectivity index (χ4v) is 1.47. The lowest BCUT2D eigenvalue weighted by Gasteiger charge is -2.13. The van der Waals surface area contributed by atoms with E-state index in [-0.39, 0.29) is 5.91 Å². The van der Waals surface area contributed by atoms with Gasteiger partial charge in [-0.2, -0.15) is 5.10 Å². The molecule has 1 amide bonds. The van der Waals surface area contributed by atoms with E-state index in [0.717, 1.165) is 5.56 Å². The zero-order valence-electron chi connectivity index (χ0n) is 8.10. The van der Waals surface area contributed by atoms with Crippen molar-refractivity contribution >= 4 is 12.1 Å². The summed E-state index contributed by atoms with van der Waals surface area (Å²) in [7, 11) is 0. The zero-order valence-corrected chi connectivity index (χ0v) is 8.10. The third kappa shape index (κ3) is 1.66. The quantitative estimate of drug-likeness (QED) is 0.695. The molecular weight excluding hydrogens is 176 g/mol. The Bertz CT molecular complexity index is 385. The van der Waals surface area contributed by atoms with Gasteiger partial charge in [0.1, 0.15) is 0 Å². The van der Waals surface area contributed by atoms with E-state index in [4.69, 9.17) is 0 Å². The molecule has 0 N–H and O–H groups in total. The standard InChI is InChI=1S/C11H12N2O/c1-9-4-2-3-5-10(9)8-13-11(14)6-7-12-13/h2-5,7H,6,8H2,1H3. The summed E-state index contributed by atoms with van der Waals surface area (Å²) in [4.78, 5) is 11.3. The summed E-state index contributed by atoms with van der Waals surface area (Å²) in [6.07, 6.45) is 2.09. The van der Waals surface area contributed by atoms with Crippen LogP contribution in [0.4, 0.5) is 0 Å². The molecule has 14 heavy (non-hydrogen) atoms. The van der Waals surface area contributed by atoms with Crippen molar-refractivity contribution in [3.05, 3.63) is 35.4 Å². The monoisotopic (exact) mass is 188 g/mol. The Labute approximate surface area is 83.0 Å². The number of nitrogens with zero attached hydrogens (tertiary/aromatic N) is 2. The van der Waals surface area contributed by atoms with Gasteiger partial charge in [0.2, 0.25) is 5.91 Å². The lowest BCUT2D eigenvalue weighted by Crippen LogP contribution is -2.20. The van der Waals surface area contributed by atoms with Crippen molar-refractivity contribution in [1.82, 2.24) is 5.01 Å².